The van der Waals surface area contributed by atoms with E-state index in [0.29, 0.717) is 0 Å². The zero-order valence-corrected chi connectivity index (χ0v) is 6.18. The van der Waals surface area contributed by atoms with Gasteiger partial charge in [-0.1, -0.05) is 23.4 Å². The van der Waals surface area contributed by atoms with Crippen LogP contribution in [-0.2, 0) is 9.59 Å². The number of nitrogens with zero attached hydrogens (tertiary/aromatic N) is 1. The summed E-state index contributed by atoms with van der Waals surface area (Å²) in [5, 5.41) is 11.3. The molecule has 4 nitrogen and oxygen atoms in total. The SMILES string of the molecule is O=CC(=O)C1C=CC=CC1=NO. The lowest BCUT2D eigenvalue weighted by atomic mass is 9.95. The number of Topliss-reactive ketones (excluding diaryl/α,β-unsaturated/α-hetero) is 1. The van der Waals surface area contributed by atoms with E-state index >= 15 is 0 Å². The molecule has 62 valence electrons. The first kappa shape index (κ1) is 8.39. The fourth-order valence-corrected chi connectivity index (χ4v) is 0.941. The van der Waals surface area contributed by atoms with Crippen LogP contribution in [0.25, 0.3) is 0 Å². The summed E-state index contributed by atoms with van der Waals surface area (Å²) in [7, 11) is 0. The van der Waals surface area contributed by atoms with Crippen LogP contribution < -0.4 is 0 Å². The Morgan fingerprint density at radius 2 is 2.33 bits per heavy atom. The van der Waals surface area contributed by atoms with Gasteiger partial charge in [-0.25, -0.2) is 0 Å². The minimum atomic E-state index is -0.725. The van der Waals surface area contributed by atoms with Gasteiger partial charge in [0.2, 0.25) is 5.78 Å². The Morgan fingerprint density at radius 3 is 2.92 bits per heavy atom. The number of carbonyl (C=O) groups excluding carboxylic acids is 2. The largest absolute Gasteiger partial charge is 0.411 e. The molecule has 0 saturated carbocycles. The van der Waals surface area contributed by atoms with Gasteiger partial charge in [0.15, 0.2) is 6.29 Å². The average Bonchev–Trinajstić information content (AvgIpc) is 2.16. The molecule has 1 N–H and O–H groups in total. The van der Waals surface area contributed by atoms with Gasteiger partial charge in [0.1, 0.15) is 0 Å². The Morgan fingerprint density at radius 1 is 1.58 bits per heavy atom. The van der Waals surface area contributed by atoms with Crippen molar-refractivity contribution in [2.45, 2.75) is 0 Å². The topological polar surface area (TPSA) is 66.7 Å². The summed E-state index contributed by atoms with van der Waals surface area (Å²) in [6.07, 6.45) is 6.46. The van der Waals surface area contributed by atoms with E-state index in [2.05, 4.69) is 5.16 Å². The van der Waals surface area contributed by atoms with E-state index < -0.39 is 11.7 Å². The first-order valence-electron chi connectivity index (χ1n) is 3.35. The van der Waals surface area contributed by atoms with Crippen LogP contribution in [0.4, 0.5) is 0 Å². The summed E-state index contributed by atoms with van der Waals surface area (Å²) < 4.78 is 0. The third-order valence-corrected chi connectivity index (χ3v) is 1.54. The molecule has 1 aliphatic rings. The second-order valence-corrected chi connectivity index (χ2v) is 2.27. The number of rotatable bonds is 2. The molecule has 0 aromatic rings. The Balaban J connectivity index is 2.90. The van der Waals surface area contributed by atoms with Crippen LogP contribution in [0.1, 0.15) is 0 Å². The van der Waals surface area contributed by atoms with Crippen LogP contribution in [0.15, 0.2) is 29.5 Å². The Labute approximate surface area is 68.9 Å². The smallest absolute Gasteiger partial charge is 0.208 e. The quantitative estimate of drug-likeness (QED) is 0.277. The fourth-order valence-electron chi connectivity index (χ4n) is 0.941. The van der Waals surface area contributed by atoms with Crippen molar-refractivity contribution < 1.29 is 14.8 Å². The molecule has 0 heterocycles. The van der Waals surface area contributed by atoms with E-state index in [-0.39, 0.29) is 12.0 Å². The van der Waals surface area contributed by atoms with Crippen molar-refractivity contribution in [3.8, 4) is 0 Å². The van der Waals surface area contributed by atoms with Crippen LogP contribution >= 0.6 is 0 Å². The molecule has 4 heteroatoms. The third kappa shape index (κ3) is 1.47. The highest BCUT2D eigenvalue weighted by atomic mass is 16.4. The first-order chi connectivity index (χ1) is 5.79. The minimum absolute atomic E-state index is 0.189. The zero-order valence-electron chi connectivity index (χ0n) is 6.18. The average molecular weight is 165 g/mol. The lowest BCUT2D eigenvalue weighted by Gasteiger charge is -2.08. The van der Waals surface area contributed by atoms with E-state index in [1.54, 1.807) is 12.2 Å². The molecule has 0 aliphatic heterocycles. The van der Waals surface area contributed by atoms with E-state index in [0.717, 1.165) is 0 Å². The Hall–Kier alpha value is -1.71. The number of allylic oxidation sites excluding steroid dienone is 4. The first-order valence-corrected chi connectivity index (χ1v) is 3.35. The van der Waals surface area contributed by atoms with Crippen molar-refractivity contribution in [1.29, 1.82) is 0 Å². The zero-order chi connectivity index (χ0) is 8.97. The Kier molecular flexibility index (Phi) is 2.53. The summed E-state index contributed by atoms with van der Waals surface area (Å²) in [4.78, 5) is 21.0. The van der Waals surface area contributed by atoms with Gasteiger partial charge in [0.05, 0.1) is 11.6 Å². The number of hydrogen-bond donors (Lipinski definition) is 1. The molecule has 1 atom stereocenters. The third-order valence-electron chi connectivity index (χ3n) is 1.54. The van der Waals surface area contributed by atoms with Crippen LogP contribution in [0.3, 0.4) is 0 Å². The standard InChI is InChI=1S/C8H7NO3/c10-5-8(11)6-3-1-2-4-7(6)9-12/h1-6,12H. The molecule has 12 heavy (non-hydrogen) atoms. The molecule has 0 spiro atoms. The molecule has 1 unspecified atom stereocenters. The van der Waals surface area contributed by atoms with Crippen molar-refractivity contribution in [1.82, 2.24) is 0 Å². The molecule has 1 aliphatic carbocycles. The summed E-state index contributed by atoms with van der Waals surface area (Å²) in [5.74, 6) is -1.33. The maximum Gasteiger partial charge on any atom is 0.208 e. The second kappa shape index (κ2) is 3.61. The monoisotopic (exact) mass is 165 g/mol. The number of oxime groups is 1. The second-order valence-electron chi connectivity index (χ2n) is 2.27. The number of carbonyl (C=O) groups is 2. The van der Waals surface area contributed by atoms with Crippen molar-refractivity contribution >= 4 is 17.8 Å². The van der Waals surface area contributed by atoms with Crippen LogP contribution in [0.5, 0.6) is 0 Å². The molecule has 0 radical (unpaired) electrons. The van der Waals surface area contributed by atoms with Gasteiger partial charge in [0, 0.05) is 0 Å². The van der Waals surface area contributed by atoms with Crippen molar-refractivity contribution in [3.63, 3.8) is 0 Å². The normalized spacial score (nSPS) is 24.3. The van der Waals surface area contributed by atoms with E-state index in [1.165, 1.54) is 12.2 Å². The van der Waals surface area contributed by atoms with Gasteiger partial charge >= 0.3 is 0 Å². The van der Waals surface area contributed by atoms with Gasteiger partial charge in [-0.2, -0.15) is 0 Å². The van der Waals surface area contributed by atoms with E-state index in [4.69, 9.17) is 5.21 Å². The molecule has 1 rings (SSSR count). The fraction of sp³-hybridized carbons (Fsp3) is 0.125. The summed E-state index contributed by atoms with van der Waals surface area (Å²) >= 11 is 0. The molecular weight excluding hydrogens is 158 g/mol. The number of aldehydes is 1. The number of hydrogen-bond acceptors (Lipinski definition) is 4. The predicted octanol–water partition coefficient (Wildman–Crippen LogP) is 0.327. The van der Waals surface area contributed by atoms with E-state index in [9.17, 15) is 9.59 Å². The molecule has 0 amide bonds. The van der Waals surface area contributed by atoms with Gasteiger partial charge in [-0.15, -0.1) is 0 Å². The van der Waals surface area contributed by atoms with Crippen LogP contribution in [0.2, 0.25) is 0 Å². The van der Waals surface area contributed by atoms with Crippen molar-refractivity contribution in [2.75, 3.05) is 0 Å². The summed E-state index contributed by atoms with van der Waals surface area (Å²) in [5.41, 5.74) is 0.189. The highest BCUT2D eigenvalue weighted by Gasteiger charge is 2.20. The van der Waals surface area contributed by atoms with Crippen LogP contribution in [-0.4, -0.2) is 23.0 Å². The molecule has 0 fully saturated rings. The lowest BCUT2D eigenvalue weighted by molar-refractivity contribution is -0.130. The highest BCUT2D eigenvalue weighted by molar-refractivity contribution is 6.34. The van der Waals surface area contributed by atoms with Crippen molar-refractivity contribution in [3.05, 3.63) is 24.3 Å². The molecule has 0 saturated heterocycles. The lowest BCUT2D eigenvalue weighted by Crippen LogP contribution is -2.23. The summed E-state index contributed by atoms with van der Waals surface area (Å²) in [6, 6.07) is 0. The predicted molar refractivity (Wildman–Crippen MR) is 42.1 cm³/mol. The minimum Gasteiger partial charge on any atom is -0.411 e. The molecule has 0 bridgehead atoms. The molecule has 0 aromatic carbocycles. The maximum absolute atomic E-state index is 10.9. The van der Waals surface area contributed by atoms with E-state index in [1.807, 2.05) is 0 Å². The maximum atomic E-state index is 10.9. The van der Waals surface area contributed by atoms with Gasteiger partial charge in [0.25, 0.3) is 0 Å². The molecular formula is C8H7NO3. The van der Waals surface area contributed by atoms with Gasteiger partial charge < -0.3 is 5.21 Å². The van der Waals surface area contributed by atoms with Crippen LogP contribution in [0, 0.1) is 5.92 Å². The van der Waals surface area contributed by atoms with Gasteiger partial charge in [-0.3, -0.25) is 9.59 Å². The van der Waals surface area contributed by atoms with Gasteiger partial charge in [-0.05, 0) is 6.08 Å². The highest BCUT2D eigenvalue weighted by Crippen LogP contribution is 2.09. The number of ketones is 1. The van der Waals surface area contributed by atoms with Crippen molar-refractivity contribution in [2.24, 2.45) is 11.1 Å². The summed E-state index contributed by atoms with van der Waals surface area (Å²) in [6.45, 7) is 0. The Bertz CT molecular complexity index is 289. The molecule has 0 aromatic heterocycles.